The minimum atomic E-state index is -4.04. The molecule has 0 aliphatic heterocycles. The van der Waals surface area contributed by atoms with Gasteiger partial charge in [-0.15, -0.1) is 0 Å². The molecule has 144 valence electrons. The first-order valence-corrected chi connectivity index (χ1v) is 11.5. The van der Waals surface area contributed by atoms with Crippen molar-refractivity contribution in [3.05, 3.63) is 0 Å². The highest BCUT2D eigenvalue weighted by atomic mass is 32.2. The Morgan fingerprint density at radius 2 is 1.60 bits per heavy atom. The molecule has 4 aliphatic rings. The molecule has 0 amide bonds. The van der Waals surface area contributed by atoms with Gasteiger partial charge in [0.25, 0.3) is 10.1 Å². The van der Waals surface area contributed by atoms with Crippen molar-refractivity contribution in [3.63, 3.8) is 0 Å². The molecule has 0 heterocycles. The van der Waals surface area contributed by atoms with Crippen LogP contribution in [-0.2, 0) is 14.9 Å². The molecule has 0 radical (unpaired) electrons. The zero-order valence-corrected chi connectivity index (χ0v) is 16.1. The van der Waals surface area contributed by atoms with Crippen LogP contribution in [0.5, 0.6) is 0 Å². The Balaban J connectivity index is 1.44. The maximum absolute atomic E-state index is 10.9. The van der Waals surface area contributed by atoms with Gasteiger partial charge in [-0.3, -0.25) is 4.55 Å². The summed E-state index contributed by atoms with van der Waals surface area (Å²) in [6.45, 7) is 5.63. The number of hydrogen-bond acceptors (Lipinski definition) is 4. The zero-order chi connectivity index (χ0) is 17.9. The van der Waals surface area contributed by atoms with Crippen LogP contribution in [0.3, 0.4) is 0 Å². The molecule has 0 aromatic rings. The summed E-state index contributed by atoms with van der Waals surface area (Å²) in [5.41, 5.74) is 0. The lowest BCUT2D eigenvalue weighted by Gasteiger charge is -2.44. The standard InChI is InChI=1S/C19H32O5S/c1-10-12-3-15(8-24-9-25(21,22)23)17(5-12)19(10)18-11(2)16-6-13(18)4-14(16)7-20/h10-20H,3-9H2,1-2H3,(H,21,22,23)/t10?,11?,12-,13+,14?,15?,16+,17+,18?,19?/m1/s1. The van der Waals surface area contributed by atoms with E-state index in [-0.39, 0.29) is 0 Å². The van der Waals surface area contributed by atoms with Crippen molar-refractivity contribution in [2.75, 3.05) is 19.2 Å². The molecular formula is C19H32O5S. The molecule has 25 heavy (non-hydrogen) atoms. The van der Waals surface area contributed by atoms with Crippen molar-refractivity contribution in [2.24, 2.45) is 59.2 Å². The van der Waals surface area contributed by atoms with Crippen molar-refractivity contribution < 1.29 is 22.8 Å². The van der Waals surface area contributed by atoms with Crippen LogP contribution in [0.2, 0.25) is 0 Å². The minimum Gasteiger partial charge on any atom is -0.396 e. The van der Waals surface area contributed by atoms with Gasteiger partial charge in [-0.1, -0.05) is 13.8 Å². The van der Waals surface area contributed by atoms with Crippen LogP contribution in [0.4, 0.5) is 0 Å². The molecular weight excluding hydrogens is 340 g/mol. The monoisotopic (exact) mass is 372 g/mol. The lowest BCUT2D eigenvalue weighted by atomic mass is 9.61. The minimum absolute atomic E-state index is 0.344. The highest BCUT2D eigenvalue weighted by Gasteiger charge is 2.60. The summed E-state index contributed by atoms with van der Waals surface area (Å²) < 4.78 is 36.0. The fourth-order valence-electron chi connectivity index (χ4n) is 7.69. The Bertz CT molecular complexity index is 601. The molecule has 10 atom stereocenters. The average Bonchev–Trinajstić information content (AvgIpc) is 3.25. The summed E-state index contributed by atoms with van der Waals surface area (Å²) in [4.78, 5) is 0. The second-order valence-electron chi connectivity index (χ2n) is 9.44. The topological polar surface area (TPSA) is 83.8 Å². The molecule has 6 heteroatoms. The van der Waals surface area contributed by atoms with E-state index < -0.39 is 16.1 Å². The Morgan fingerprint density at radius 3 is 2.20 bits per heavy atom. The van der Waals surface area contributed by atoms with Crippen LogP contribution in [-0.4, -0.2) is 37.2 Å². The van der Waals surface area contributed by atoms with Crippen molar-refractivity contribution >= 4 is 10.1 Å². The third kappa shape index (κ3) is 3.07. The van der Waals surface area contributed by atoms with Crippen LogP contribution in [0.15, 0.2) is 0 Å². The predicted octanol–water partition coefficient (Wildman–Crippen LogP) is 2.66. The summed E-state index contributed by atoms with van der Waals surface area (Å²) in [7, 11) is -4.04. The van der Waals surface area contributed by atoms with Crippen LogP contribution in [0, 0.1) is 59.2 Å². The molecule has 6 unspecified atom stereocenters. The number of aliphatic hydroxyl groups excluding tert-OH is 1. The van der Waals surface area contributed by atoms with Gasteiger partial charge in [0.15, 0.2) is 5.94 Å². The highest BCUT2D eigenvalue weighted by Crippen LogP contribution is 2.65. The van der Waals surface area contributed by atoms with E-state index in [0.717, 1.165) is 36.0 Å². The van der Waals surface area contributed by atoms with Gasteiger partial charge in [-0.25, -0.2) is 0 Å². The number of rotatable bonds is 6. The van der Waals surface area contributed by atoms with Crippen LogP contribution in [0.1, 0.15) is 39.5 Å². The number of ether oxygens (including phenoxy) is 1. The van der Waals surface area contributed by atoms with Gasteiger partial charge in [0.2, 0.25) is 0 Å². The third-order valence-electron chi connectivity index (χ3n) is 8.49. The van der Waals surface area contributed by atoms with E-state index in [1.807, 2.05) is 0 Å². The summed E-state index contributed by atoms with van der Waals surface area (Å²) in [5, 5.41) is 9.63. The first kappa shape index (κ1) is 18.2. The van der Waals surface area contributed by atoms with E-state index >= 15 is 0 Å². The Kier molecular flexibility index (Phi) is 4.71. The third-order valence-corrected chi connectivity index (χ3v) is 8.95. The normalized spacial score (nSPS) is 51.5. The first-order valence-electron chi connectivity index (χ1n) is 9.94. The summed E-state index contributed by atoms with van der Waals surface area (Å²) in [6, 6.07) is 0. The van der Waals surface area contributed by atoms with Crippen molar-refractivity contribution in [3.8, 4) is 0 Å². The lowest BCUT2D eigenvalue weighted by Crippen LogP contribution is -2.40. The second-order valence-corrected chi connectivity index (χ2v) is 10.8. The van der Waals surface area contributed by atoms with Gasteiger partial charge in [0.1, 0.15) is 0 Å². The lowest BCUT2D eigenvalue weighted by molar-refractivity contribution is 0.00455. The van der Waals surface area contributed by atoms with Gasteiger partial charge in [0.05, 0.1) is 6.61 Å². The Morgan fingerprint density at radius 1 is 0.920 bits per heavy atom. The molecule has 4 bridgehead atoms. The van der Waals surface area contributed by atoms with Crippen LogP contribution in [0.25, 0.3) is 0 Å². The number of fused-ring (bicyclic) bond motifs is 4. The smallest absolute Gasteiger partial charge is 0.289 e. The maximum atomic E-state index is 10.9. The van der Waals surface area contributed by atoms with Gasteiger partial charge in [-0.05, 0) is 84.9 Å². The first-order chi connectivity index (χ1) is 11.8. The SMILES string of the molecule is CC1C(C2C(C)[C@@H]3C[C@@H]2CC3CO)[C@H]2C[C@H]1CC2COCS(=O)(=O)O. The van der Waals surface area contributed by atoms with E-state index in [2.05, 4.69) is 13.8 Å². The molecule has 5 nitrogen and oxygen atoms in total. The maximum Gasteiger partial charge on any atom is 0.289 e. The average molecular weight is 373 g/mol. The summed E-state index contributed by atoms with van der Waals surface area (Å²) >= 11 is 0. The van der Waals surface area contributed by atoms with E-state index in [1.54, 1.807) is 0 Å². The quantitative estimate of drug-likeness (QED) is 0.700. The predicted molar refractivity (Wildman–Crippen MR) is 94.2 cm³/mol. The second kappa shape index (κ2) is 6.47. The van der Waals surface area contributed by atoms with Crippen LogP contribution >= 0.6 is 0 Å². The molecule has 0 aromatic carbocycles. The van der Waals surface area contributed by atoms with Gasteiger partial charge < -0.3 is 9.84 Å². The Labute approximate surface area is 151 Å². The molecule has 4 saturated carbocycles. The highest BCUT2D eigenvalue weighted by molar-refractivity contribution is 7.85. The summed E-state index contributed by atoms with van der Waals surface area (Å²) in [5.74, 6) is 6.16. The summed E-state index contributed by atoms with van der Waals surface area (Å²) in [6.07, 6.45) is 4.89. The fourth-order valence-corrected chi connectivity index (χ4v) is 8.00. The van der Waals surface area contributed by atoms with E-state index in [9.17, 15) is 13.5 Å². The number of hydrogen-bond donors (Lipinski definition) is 2. The van der Waals surface area contributed by atoms with Crippen molar-refractivity contribution in [2.45, 2.75) is 39.5 Å². The molecule has 4 fully saturated rings. The van der Waals surface area contributed by atoms with Crippen LogP contribution < -0.4 is 0 Å². The largest absolute Gasteiger partial charge is 0.396 e. The molecule has 4 aliphatic carbocycles. The number of aliphatic hydroxyl groups is 1. The van der Waals surface area contributed by atoms with Gasteiger partial charge in [-0.2, -0.15) is 8.42 Å². The van der Waals surface area contributed by atoms with E-state index in [4.69, 9.17) is 9.29 Å². The van der Waals surface area contributed by atoms with Crippen molar-refractivity contribution in [1.82, 2.24) is 0 Å². The zero-order valence-electron chi connectivity index (χ0n) is 15.3. The Hall–Kier alpha value is -0.170. The molecule has 0 saturated heterocycles. The van der Waals surface area contributed by atoms with E-state index in [1.165, 1.54) is 19.3 Å². The van der Waals surface area contributed by atoms with Gasteiger partial charge >= 0.3 is 0 Å². The molecule has 4 rings (SSSR count). The molecule has 0 spiro atoms. The van der Waals surface area contributed by atoms with Crippen molar-refractivity contribution in [1.29, 1.82) is 0 Å². The fraction of sp³-hybridized carbons (Fsp3) is 1.00. The van der Waals surface area contributed by atoms with Gasteiger partial charge in [0, 0.05) is 6.61 Å². The molecule has 0 aromatic heterocycles. The molecule has 2 N–H and O–H groups in total. The van der Waals surface area contributed by atoms with E-state index in [0.29, 0.717) is 42.8 Å².